The first-order chi connectivity index (χ1) is 28.5. The van der Waals surface area contributed by atoms with Gasteiger partial charge in [0.05, 0.1) is 25.4 Å². The van der Waals surface area contributed by atoms with E-state index in [1.807, 2.05) is 6.08 Å². The number of allylic oxidation sites excluding steroid dienone is 3. The third kappa shape index (κ3) is 43.9. The number of nitrogens with one attached hydrogen (secondary N) is 1. The van der Waals surface area contributed by atoms with Crippen LogP contribution in [0.5, 0.6) is 0 Å². The van der Waals surface area contributed by atoms with Gasteiger partial charge in [0.1, 0.15) is 0 Å². The molecule has 0 bridgehead atoms. The van der Waals surface area contributed by atoms with Gasteiger partial charge in [0.15, 0.2) is 0 Å². The van der Waals surface area contributed by atoms with E-state index in [9.17, 15) is 19.8 Å². The summed E-state index contributed by atoms with van der Waals surface area (Å²) in [6.45, 7) is 4.86. The van der Waals surface area contributed by atoms with E-state index in [4.69, 9.17) is 4.74 Å². The first-order valence-electron chi connectivity index (χ1n) is 25.6. The molecule has 342 valence electrons. The van der Waals surface area contributed by atoms with Crippen molar-refractivity contribution in [3.63, 3.8) is 0 Å². The first-order valence-corrected chi connectivity index (χ1v) is 25.6. The Bertz CT molecular complexity index is 904. The van der Waals surface area contributed by atoms with Gasteiger partial charge in [-0.1, -0.05) is 224 Å². The number of ether oxygens (including phenoxy) is 1. The third-order valence-electron chi connectivity index (χ3n) is 11.7. The zero-order chi connectivity index (χ0) is 42.3. The van der Waals surface area contributed by atoms with E-state index in [0.717, 1.165) is 44.9 Å². The summed E-state index contributed by atoms with van der Waals surface area (Å²) in [6.07, 6.45) is 56.0. The second-order valence-electron chi connectivity index (χ2n) is 17.5. The van der Waals surface area contributed by atoms with Gasteiger partial charge in [0.2, 0.25) is 5.91 Å². The molecule has 6 heteroatoms. The largest absolute Gasteiger partial charge is 0.466 e. The highest BCUT2D eigenvalue weighted by atomic mass is 16.5. The molecule has 58 heavy (non-hydrogen) atoms. The van der Waals surface area contributed by atoms with Gasteiger partial charge in [0, 0.05) is 12.8 Å². The summed E-state index contributed by atoms with van der Waals surface area (Å²) in [7, 11) is 0. The Morgan fingerprint density at radius 2 is 0.810 bits per heavy atom. The fraction of sp³-hybridized carbons (Fsp3) is 0.885. The van der Waals surface area contributed by atoms with Crippen molar-refractivity contribution >= 4 is 11.9 Å². The quantitative estimate of drug-likeness (QED) is 0.0323. The fourth-order valence-corrected chi connectivity index (χ4v) is 7.74. The minimum atomic E-state index is -0.847. The number of carbonyl (C=O) groups excluding carboxylic acids is 2. The molecule has 0 saturated heterocycles. The lowest BCUT2D eigenvalue weighted by Gasteiger charge is -2.20. The van der Waals surface area contributed by atoms with Crippen LogP contribution in [-0.2, 0) is 14.3 Å². The van der Waals surface area contributed by atoms with Gasteiger partial charge >= 0.3 is 5.97 Å². The predicted molar refractivity (Wildman–Crippen MR) is 250 cm³/mol. The van der Waals surface area contributed by atoms with Crippen molar-refractivity contribution in [1.82, 2.24) is 5.32 Å². The second-order valence-corrected chi connectivity index (χ2v) is 17.5. The number of aliphatic hydroxyl groups excluding tert-OH is 2. The highest BCUT2D eigenvalue weighted by molar-refractivity contribution is 5.76. The number of amides is 1. The monoisotopic (exact) mass is 818 g/mol. The van der Waals surface area contributed by atoms with Gasteiger partial charge in [-0.3, -0.25) is 9.59 Å². The molecule has 0 aliphatic rings. The van der Waals surface area contributed by atoms with E-state index in [1.54, 1.807) is 6.08 Å². The van der Waals surface area contributed by atoms with Crippen LogP contribution in [0.1, 0.15) is 271 Å². The molecule has 0 aliphatic heterocycles. The van der Waals surface area contributed by atoms with Crippen molar-refractivity contribution in [2.45, 2.75) is 283 Å². The maximum Gasteiger partial charge on any atom is 0.305 e. The topological polar surface area (TPSA) is 95.9 Å². The van der Waals surface area contributed by atoms with Gasteiger partial charge in [-0.05, 0) is 57.8 Å². The summed E-state index contributed by atoms with van der Waals surface area (Å²) in [5.41, 5.74) is 0. The minimum absolute atomic E-state index is 0.00756. The molecule has 0 aromatic rings. The Morgan fingerprint density at radius 1 is 0.466 bits per heavy atom. The van der Waals surface area contributed by atoms with Crippen LogP contribution in [0.3, 0.4) is 0 Å². The predicted octanol–water partition coefficient (Wildman–Crippen LogP) is 15.1. The summed E-state index contributed by atoms with van der Waals surface area (Å²) in [6, 6.07) is -0.631. The van der Waals surface area contributed by atoms with Crippen LogP contribution in [0.2, 0.25) is 0 Å². The third-order valence-corrected chi connectivity index (χ3v) is 11.7. The minimum Gasteiger partial charge on any atom is -0.466 e. The molecule has 0 aliphatic carbocycles. The van der Waals surface area contributed by atoms with Crippen molar-refractivity contribution in [1.29, 1.82) is 0 Å². The zero-order valence-electron chi connectivity index (χ0n) is 38.8. The van der Waals surface area contributed by atoms with Crippen molar-refractivity contribution in [3.8, 4) is 0 Å². The molecule has 0 radical (unpaired) electrons. The smallest absolute Gasteiger partial charge is 0.305 e. The average Bonchev–Trinajstić information content (AvgIpc) is 3.22. The van der Waals surface area contributed by atoms with Gasteiger partial charge in [0.25, 0.3) is 0 Å². The molecule has 0 fully saturated rings. The van der Waals surface area contributed by atoms with E-state index in [1.165, 1.54) is 199 Å². The molecule has 0 heterocycles. The maximum absolute atomic E-state index is 12.4. The van der Waals surface area contributed by atoms with Crippen LogP contribution in [-0.4, -0.2) is 47.4 Å². The Morgan fingerprint density at radius 3 is 1.24 bits per heavy atom. The van der Waals surface area contributed by atoms with E-state index in [2.05, 4.69) is 31.3 Å². The lowest BCUT2D eigenvalue weighted by molar-refractivity contribution is -0.143. The molecule has 0 aromatic heterocycles. The number of hydrogen-bond acceptors (Lipinski definition) is 5. The van der Waals surface area contributed by atoms with Crippen molar-refractivity contribution in [3.05, 3.63) is 24.3 Å². The van der Waals surface area contributed by atoms with Crippen molar-refractivity contribution < 1.29 is 24.5 Å². The van der Waals surface area contributed by atoms with Crippen LogP contribution in [0.4, 0.5) is 0 Å². The summed E-state index contributed by atoms with van der Waals surface area (Å²) in [4.78, 5) is 24.4. The summed E-state index contributed by atoms with van der Waals surface area (Å²) >= 11 is 0. The van der Waals surface area contributed by atoms with Crippen molar-refractivity contribution in [2.75, 3.05) is 13.2 Å². The highest BCUT2D eigenvalue weighted by Gasteiger charge is 2.18. The Kier molecular flexibility index (Phi) is 46.6. The van der Waals surface area contributed by atoms with Crippen LogP contribution in [0.15, 0.2) is 24.3 Å². The van der Waals surface area contributed by atoms with Crippen LogP contribution >= 0.6 is 0 Å². The van der Waals surface area contributed by atoms with Crippen molar-refractivity contribution in [2.24, 2.45) is 0 Å². The summed E-state index contributed by atoms with van der Waals surface area (Å²) in [5.74, 6) is -0.0835. The number of hydrogen-bond donors (Lipinski definition) is 3. The average molecular weight is 818 g/mol. The van der Waals surface area contributed by atoms with E-state index < -0.39 is 12.1 Å². The standard InChI is InChI=1S/C52H99NO5/c1-3-5-7-9-11-13-15-21-26-30-34-38-42-46-52(57)58-47-43-39-35-31-27-23-20-18-17-19-22-25-29-33-37-41-45-51(56)53-49(48-54)50(55)44-40-36-32-28-24-16-14-12-10-8-6-4-2/h13,15,40,44,49-50,54-55H,3-12,14,16-39,41-43,45-48H2,1-2H3,(H,53,56)/b15-13-,44-40+. The lowest BCUT2D eigenvalue weighted by atomic mass is 10.0. The van der Waals surface area contributed by atoms with Crippen LogP contribution < -0.4 is 5.32 Å². The fourth-order valence-electron chi connectivity index (χ4n) is 7.74. The Hall–Kier alpha value is -1.66. The number of unbranched alkanes of at least 4 members (excludes halogenated alkanes) is 34. The molecule has 1 amide bonds. The first kappa shape index (κ1) is 56.3. The number of rotatable bonds is 47. The molecule has 2 atom stereocenters. The van der Waals surface area contributed by atoms with Gasteiger partial charge in [-0.15, -0.1) is 0 Å². The highest BCUT2D eigenvalue weighted by Crippen LogP contribution is 2.16. The Balaban J connectivity index is 3.45. The summed E-state index contributed by atoms with van der Waals surface area (Å²) in [5, 5.41) is 23.0. The van der Waals surface area contributed by atoms with Crippen LogP contribution in [0, 0.1) is 0 Å². The molecular weight excluding hydrogens is 719 g/mol. The number of esters is 1. The molecule has 0 spiro atoms. The molecule has 3 N–H and O–H groups in total. The summed E-state index contributed by atoms with van der Waals surface area (Å²) < 4.78 is 5.45. The van der Waals surface area contributed by atoms with Gasteiger partial charge in [-0.25, -0.2) is 0 Å². The second kappa shape index (κ2) is 48.0. The SMILES string of the molecule is CCCCCC/C=C\CCCCCCCC(=O)OCCCCCCCCCCCCCCCCCCC(=O)NC(CO)C(O)/C=C/CCCCCCCCCCCC. The Labute approximate surface area is 361 Å². The number of aliphatic hydroxyl groups is 2. The van der Waals surface area contributed by atoms with Gasteiger partial charge in [-0.2, -0.15) is 0 Å². The van der Waals surface area contributed by atoms with E-state index in [-0.39, 0.29) is 18.5 Å². The lowest BCUT2D eigenvalue weighted by Crippen LogP contribution is -2.45. The molecule has 0 saturated carbocycles. The van der Waals surface area contributed by atoms with E-state index in [0.29, 0.717) is 19.4 Å². The zero-order valence-corrected chi connectivity index (χ0v) is 38.8. The molecule has 6 nitrogen and oxygen atoms in total. The molecule has 0 rings (SSSR count). The maximum atomic E-state index is 12.4. The van der Waals surface area contributed by atoms with E-state index >= 15 is 0 Å². The number of carbonyl (C=O) groups is 2. The molecule has 0 aromatic carbocycles. The molecular formula is C52H99NO5. The normalized spacial score (nSPS) is 12.8. The molecule has 2 unspecified atom stereocenters. The van der Waals surface area contributed by atoms with Crippen LogP contribution in [0.25, 0.3) is 0 Å². The van der Waals surface area contributed by atoms with Gasteiger partial charge < -0.3 is 20.3 Å².